The number of phenolic OH excluding ortho intramolecular Hbond substituents is 1. The van der Waals surface area contributed by atoms with Crippen LogP contribution in [0.5, 0.6) is 11.5 Å². The van der Waals surface area contributed by atoms with Crippen LogP contribution in [0.15, 0.2) is 34.3 Å². The molecule has 0 radical (unpaired) electrons. The molecule has 10 nitrogen and oxygen atoms in total. The first-order valence-electron chi connectivity index (χ1n) is 7.76. The Balaban J connectivity index is 0.000000156. The number of nitrogens with zero attached hydrogens (tertiary/aromatic N) is 4. The summed E-state index contributed by atoms with van der Waals surface area (Å²) in [6.07, 6.45) is 3.21. The van der Waals surface area contributed by atoms with Crippen molar-refractivity contribution < 1.29 is 19.7 Å². The lowest BCUT2D eigenvalue weighted by Gasteiger charge is -2.03. The number of fused-ring (bicyclic) bond motifs is 2. The van der Waals surface area contributed by atoms with Crippen LogP contribution in [0.1, 0.15) is 22.3 Å². The Morgan fingerprint density at radius 3 is 1.96 bits per heavy atom. The van der Waals surface area contributed by atoms with E-state index in [2.05, 4.69) is 9.98 Å². The SMILES string of the molecule is COc1cc2c(cc1[N+](=O)[O-])C=NC2.O=[N+]([O-])c1cc2c(cc1O)CN=C2. The number of aliphatic imine (C=N–C) groups is 2. The van der Waals surface area contributed by atoms with Crippen molar-refractivity contribution in [1.82, 2.24) is 0 Å². The number of aromatic hydroxyl groups is 1. The summed E-state index contributed by atoms with van der Waals surface area (Å²) in [4.78, 5) is 28.0. The fourth-order valence-corrected chi connectivity index (χ4v) is 2.71. The van der Waals surface area contributed by atoms with E-state index in [1.165, 1.54) is 25.3 Å². The highest BCUT2D eigenvalue weighted by atomic mass is 16.6. The number of benzene rings is 2. The Bertz CT molecular complexity index is 999. The first-order chi connectivity index (χ1) is 12.9. The molecule has 2 aromatic rings. The van der Waals surface area contributed by atoms with E-state index < -0.39 is 9.85 Å². The molecule has 0 unspecified atom stereocenters. The van der Waals surface area contributed by atoms with Crippen molar-refractivity contribution in [3.63, 3.8) is 0 Å². The highest BCUT2D eigenvalue weighted by molar-refractivity contribution is 5.87. The van der Waals surface area contributed by atoms with Crippen LogP contribution >= 0.6 is 0 Å². The van der Waals surface area contributed by atoms with Crippen LogP contribution in [-0.2, 0) is 13.1 Å². The van der Waals surface area contributed by atoms with Gasteiger partial charge in [-0.3, -0.25) is 30.2 Å². The van der Waals surface area contributed by atoms with Crippen LogP contribution in [0.3, 0.4) is 0 Å². The Morgan fingerprint density at radius 1 is 0.926 bits per heavy atom. The third-order valence-electron chi connectivity index (χ3n) is 4.05. The third-order valence-corrected chi connectivity index (χ3v) is 4.05. The minimum Gasteiger partial charge on any atom is -0.502 e. The second-order valence-corrected chi connectivity index (χ2v) is 5.72. The lowest BCUT2D eigenvalue weighted by molar-refractivity contribution is -0.386. The zero-order chi connectivity index (χ0) is 19.6. The number of nitro groups is 2. The van der Waals surface area contributed by atoms with Gasteiger partial charge in [-0.1, -0.05) is 0 Å². The second kappa shape index (κ2) is 7.20. The van der Waals surface area contributed by atoms with Gasteiger partial charge in [0, 0.05) is 35.7 Å². The minimum atomic E-state index is -0.609. The predicted octanol–water partition coefficient (Wildman–Crippen LogP) is 2.77. The fraction of sp³-hybridized carbons (Fsp3) is 0.176. The van der Waals surface area contributed by atoms with E-state index in [0.717, 1.165) is 16.7 Å². The summed E-state index contributed by atoms with van der Waals surface area (Å²) < 4.78 is 4.93. The summed E-state index contributed by atoms with van der Waals surface area (Å²) in [6.45, 7) is 1.06. The first kappa shape index (κ1) is 18.0. The van der Waals surface area contributed by atoms with Gasteiger partial charge in [0.1, 0.15) is 0 Å². The van der Waals surface area contributed by atoms with Gasteiger partial charge in [-0.25, -0.2) is 0 Å². The summed E-state index contributed by atoms with van der Waals surface area (Å²) in [6, 6.07) is 5.88. The average molecular weight is 370 g/mol. The summed E-state index contributed by atoms with van der Waals surface area (Å²) in [7, 11) is 1.42. The van der Waals surface area contributed by atoms with Crippen molar-refractivity contribution in [2.24, 2.45) is 9.98 Å². The summed E-state index contributed by atoms with van der Waals surface area (Å²) in [5.74, 6) is -0.00602. The highest BCUT2D eigenvalue weighted by Gasteiger charge is 2.20. The smallest absolute Gasteiger partial charge is 0.311 e. The van der Waals surface area contributed by atoms with Gasteiger partial charge in [-0.05, 0) is 23.3 Å². The van der Waals surface area contributed by atoms with E-state index in [0.29, 0.717) is 24.4 Å². The molecule has 1 N–H and O–H groups in total. The molecule has 0 spiro atoms. The van der Waals surface area contributed by atoms with E-state index in [4.69, 9.17) is 4.74 Å². The Kier molecular flexibility index (Phi) is 4.79. The molecule has 2 aromatic carbocycles. The molecular weight excluding hydrogens is 356 g/mol. The van der Waals surface area contributed by atoms with Gasteiger partial charge in [0.05, 0.1) is 30.0 Å². The summed E-state index contributed by atoms with van der Waals surface area (Å²) in [5.41, 5.74) is 3.02. The number of rotatable bonds is 3. The lowest BCUT2D eigenvalue weighted by Crippen LogP contribution is -1.96. The van der Waals surface area contributed by atoms with Crippen molar-refractivity contribution in [2.45, 2.75) is 13.1 Å². The van der Waals surface area contributed by atoms with E-state index in [1.807, 2.05) is 0 Å². The lowest BCUT2D eigenvalue weighted by atomic mass is 10.1. The molecule has 0 aromatic heterocycles. The van der Waals surface area contributed by atoms with Crippen LogP contribution in [0.4, 0.5) is 11.4 Å². The van der Waals surface area contributed by atoms with E-state index in [-0.39, 0.29) is 17.1 Å². The second-order valence-electron chi connectivity index (χ2n) is 5.72. The van der Waals surface area contributed by atoms with Crippen LogP contribution < -0.4 is 4.74 Å². The van der Waals surface area contributed by atoms with Gasteiger partial charge < -0.3 is 9.84 Å². The summed E-state index contributed by atoms with van der Waals surface area (Å²) >= 11 is 0. The molecule has 0 saturated heterocycles. The van der Waals surface area contributed by atoms with Gasteiger partial charge >= 0.3 is 11.4 Å². The molecule has 27 heavy (non-hydrogen) atoms. The van der Waals surface area contributed by atoms with Gasteiger partial charge in [-0.15, -0.1) is 0 Å². The molecule has 0 aliphatic carbocycles. The van der Waals surface area contributed by atoms with Crippen molar-refractivity contribution in [3.8, 4) is 11.5 Å². The third kappa shape index (κ3) is 3.59. The largest absolute Gasteiger partial charge is 0.502 e. The van der Waals surface area contributed by atoms with Crippen molar-refractivity contribution >= 4 is 23.8 Å². The number of methoxy groups -OCH3 is 1. The molecule has 10 heteroatoms. The molecule has 0 fully saturated rings. The summed E-state index contributed by atoms with van der Waals surface area (Å²) in [5, 5.41) is 30.3. The molecule has 0 atom stereocenters. The van der Waals surface area contributed by atoms with Crippen LogP contribution in [0.2, 0.25) is 0 Å². The zero-order valence-corrected chi connectivity index (χ0v) is 14.2. The molecule has 0 bridgehead atoms. The normalized spacial score (nSPS) is 12.8. The molecule has 138 valence electrons. The predicted molar refractivity (Wildman–Crippen MR) is 97.0 cm³/mol. The number of hydrogen-bond donors (Lipinski definition) is 1. The van der Waals surface area contributed by atoms with Gasteiger partial charge in [-0.2, -0.15) is 0 Å². The molecule has 2 aliphatic heterocycles. The zero-order valence-electron chi connectivity index (χ0n) is 14.2. The molecule has 2 aliphatic rings. The van der Waals surface area contributed by atoms with Crippen LogP contribution in [0.25, 0.3) is 0 Å². The fourth-order valence-electron chi connectivity index (χ4n) is 2.71. The van der Waals surface area contributed by atoms with E-state index in [1.54, 1.807) is 18.5 Å². The van der Waals surface area contributed by atoms with Crippen molar-refractivity contribution in [3.05, 3.63) is 66.7 Å². The maximum absolute atomic E-state index is 10.7. The molecule has 4 rings (SSSR count). The molecule has 0 amide bonds. The minimum absolute atomic E-state index is 0.0143. The van der Waals surface area contributed by atoms with Gasteiger partial charge in [0.15, 0.2) is 11.5 Å². The maximum atomic E-state index is 10.7. The van der Waals surface area contributed by atoms with Gasteiger partial charge in [0.25, 0.3) is 0 Å². The van der Waals surface area contributed by atoms with Gasteiger partial charge in [0.2, 0.25) is 0 Å². The maximum Gasteiger partial charge on any atom is 0.311 e. The number of ether oxygens (including phenoxy) is 1. The van der Waals surface area contributed by atoms with E-state index in [9.17, 15) is 25.3 Å². The van der Waals surface area contributed by atoms with Crippen LogP contribution in [0, 0.1) is 20.2 Å². The quantitative estimate of drug-likeness (QED) is 0.650. The first-order valence-corrected chi connectivity index (χ1v) is 7.76. The number of phenols is 1. The highest BCUT2D eigenvalue weighted by Crippen LogP contribution is 2.32. The topological polar surface area (TPSA) is 140 Å². The van der Waals surface area contributed by atoms with Crippen LogP contribution in [-0.4, -0.2) is 34.5 Å². The molecule has 2 heterocycles. The Labute approximate surface area is 152 Å². The average Bonchev–Trinajstić information content (AvgIpc) is 3.27. The Hall–Kier alpha value is -3.82. The number of hydrogen-bond acceptors (Lipinski definition) is 8. The monoisotopic (exact) mass is 370 g/mol. The Morgan fingerprint density at radius 2 is 1.44 bits per heavy atom. The van der Waals surface area contributed by atoms with Crippen molar-refractivity contribution in [2.75, 3.05) is 7.11 Å². The standard InChI is InChI=1S/C9H8N2O3.C8H6N2O3/c1-14-9-3-7-5-10-4-6(7)2-8(9)11(12)13;11-8-2-6-4-9-3-5(6)1-7(8)10(12)13/h2-4H,5H2,1H3;1-3,11H,4H2. The van der Waals surface area contributed by atoms with E-state index >= 15 is 0 Å². The molecular formula is C17H14N4O6. The molecule has 0 saturated carbocycles. The number of nitro benzene ring substituents is 2. The van der Waals surface area contributed by atoms with Crippen molar-refractivity contribution in [1.29, 1.82) is 0 Å².